The fraction of sp³-hybridized carbons (Fsp3) is 0.483. The lowest BCUT2D eigenvalue weighted by atomic mass is 9.62. The summed E-state index contributed by atoms with van der Waals surface area (Å²) in [6.07, 6.45) is 1.37. The van der Waals surface area contributed by atoms with E-state index < -0.39 is 40.6 Å². The van der Waals surface area contributed by atoms with Crippen molar-refractivity contribution in [2.45, 2.75) is 61.9 Å². The van der Waals surface area contributed by atoms with Gasteiger partial charge in [0.25, 0.3) is 5.92 Å². The first kappa shape index (κ1) is 27.3. The van der Waals surface area contributed by atoms with Crippen LogP contribution >= 0.6 is 0 Å². The van der Waals surface area contributed by atoms with Crippen LogP contribution in [0, 0.1) is 11.8 Å². The molecule has 1 N–H and O–H groups in total. The average molecular weight is 589 g/mol. The first-order valence-electron chi connectivity index (χ1n) is 13.9. The molecule has 3 saturated carbocycles. The lowest BCUT2D eigenvalue weighted by molar-refractivity contribution is -0.136. The number of hydrogen-bond donors (Lipinski definition) is 1. The van der Waals surface area contributed by atoms with Gasteiger partial charge in [0.05, 0.1) is 28.3 Å². The fourth-order valence-electron chi connectivity index (χ4n) is 7.10. The summed E-state index contributed by atoms with van der Waals surface area (Å²) in [5.41, 5.74) is -0.855. The van der Waals surface area contributed by atoms with Gasteiger partial charge in [0.2, 0.25) is 0 Å². The molecule has 0 bridgehead atoms. The highest BCUT2D eigenvalue weighted by molar-refractivity contribution is 5.58. The lowest BCUT2D eigenvalue weighted by Gasteiger charge is -2.46. The first-order chi connectivity index (χ1) is 19.9. The number of hydrogen-bond acceptors (Lipinski definition) is 5. The Bertz CT molecular complexity index is 1720. The minimum Gasteiger partial charge on any atom is -0.381 e. The summed E-state index contributed by atoms with van der Waals surface area (Å²) in [6, 6.07) is 8.00. The van der Waals surface area contributed by atoms with Gasteiger partial charge in [0, 0.05) is 51.0 Å². The molecule has 2 atom stereocenters. The number of rotatable bonds is 7. The van der Waals surface area contributed by atoms with Crippen molar-refractivity contribution in [1.29, 1.82) is 0 Å². The van der Waals surface area contributed by atoms with Crippen molar-refractivity contribution < 1.29 is 26.7 Å². The zero-order chi connectivity index (χ0) is 29.6. The molecule has 42 heavy (non-hydrogen) atoms. The van der Waals surface area contributed by atoms with E-state index in [1.807, 2.05) is 17.7 Å². The molecule has 2 unspecified atom stereocenters. The molecule has 3 aliphatic carbocycles. The molecule has 3 aromatic heterocycles. The summed E-state index contributed by atoms with van der Waals surface area (Å²) in [6.45, 7) is 0.0304. The van der Waals surface area contributed by atoms with Crippen LogP contribution < -0.4 is 11.0 Å². The number of aryl methyl sites for hydroxylation is 1. The van der Waals surface area contributed by atoms with Gasteiger partial charge >= 0.3 is 11.9 Å². The Kier molecular flexibility index (Phi) is 5.98. The van der Waals surface area contributed by atoms with Crippen LogP contribution in [0.3, 0.4) is 0 Å². The monoisotopic (exact) mass is 588 g/mol. The van der Waals surface area contributed by atoms with Crippen LogP contribution in [0.15, 0.2) is 53.8 Å². The summed E-state index contributed by atoms with van der Waals surface area (Å²) in [4.78, 5) is 13.6. The van der Waals surface area contributed by atoms with Gasteiger partial charge in [0.15, 0.2) is 0 Å². The number of imidazole rings is 1. The van der Waals surface area contributed by atoms with Crippen LogP contribution in [-0.4, -0.2) is 48.9 Å². The van der Waals surface area contributed by atoms with E-state index in [0.717, 1.165) is 21.9 Å². The maximum Gasteiger partial charge on any atom is 0.418 e. The van der Waals surface area contributed by atoms with Gasteiger partial charge in [-0.15, -0.1) is 10.2 Å². The van der Waals surface area contributed by atoms with Gasteiger partial charge < -0.3 is 14.6 Å². The molecule has 4 aromatic rings. The predicted octanol–water partition coefficient (Wildman–Crippen LogP) is 4.47. The fourth-order valence-corrected chi connectivity index (χ4v) is 7.10. The third-order valence-electron chi connectivity index (χ3n) is 9.47. The smallest absolute Gasteiger partial charge is 0.381 e. The topological polar surface area (TPSA) is 78.4 Å². The van der Waals surface area contributed by atoms with E-state index in [2.05, 4.69) is 15.5 Å². The summed E-state index contributed by atoms with van der Waals surface area (Å²) in [5, 5.41) is 11.5. The lowest BCUT2D eigenvalue weighted by Crippen LogP contribution is -2.48. The second-order valence-electron chi connectivity index (χ2n) is 11.9. The molecule has 7 rings (SSSR count). The van der Waals surface area contributed by atoms with Gasteiger partial charge in [-0.2, -0.15) is 13.2 Å². The van der Waals surface area contributed by atoms with Crippen LogP contribution in [0.1, 0.15) is 48.2 Å². The van der Waals surface area contributed by atoms with E-state index in [4.69, 9.17) is 4.74 Å². The molecule has 0 aliphatic heterocycles. The van der Waals surface area contributed by atoms with Crippen molar-refractivity contribution in [2.75, 3.05) is 7.11 Å². The maximum atomic E-state index is 14.2. The van der Waals surface area contributed by atoms with Gasteiger partial charge in [0.1, 0.15) is 12.2 Å². The number of fused-ring (bicyclic) bond motifs is 2. The zero-order valence-corrected chi connectivity index (χ0v) is 22.9. The van der Waals surface area contributed by atoms with Gasteiger partial charge in [-0.25, -0.2) is 13.6 Å². The number of nitrogens with one attached hydrogen (secondary N) is 1. The van der Waals surface area contributed by atoms with Gasteiger partial charge in [-0.05, 0) is 55.0 Å². The second kappa shape index (κ2) is 9.21. The van der Waals surface area contributed by atoms with E-state index in [0.29, 0.717) is 31.4 Å². The number of methoxy groups -OCH3 is 1. The van der Waals surface area contributed by atoms with Crippen molar-refractivity contribution in [3.05, 3.63) is 82.1 Å². The molecule has 0 radical (unpaired) electrons. The Balaban J connectivity index is 1.24. The standard InChI is InChI=1S/C29H29F5N6O2/c1-38-15-36-37-25(38)27(10-20(11-27)42-2)17-4-3-5-19(7-17)39-14-24-23(29(32,33)34)6-16(13-40(24)26(39)41)12-35-18-8-21-22(9-18)28(21,30)31/h3-7,13-15,18,20-22,35H,8-12H2,1-2H3/t18?,20-,21?,22?,27-. The Hall–Kier alpha value is -3.58. The number of pyridine rings is 1. The van der Waals surface area contributed by atoms with Crippen LogP contribution in [0.4, 0.5) is 22.0 Å². The van der Waals surface area contributed by atoms with Gasteiger partial charge in [-0.1, -0.05) is 12.1 Å². The SMILES string of the molecule is CO[C@H]1C[C@](c2cccc(-n3cc4c(C(F)(F)F)cc(CNC5CC6C(C5)C6(F)F)cn4c3=O)c2)(c2nncn2C)C1. The molecular weight excluding hydrogens is 559 g/mol. The van der Waals surface area contributed by atoms with Crippen molar-refractivity contribution in [3.8, 4) is 5.69 Å². The molecule has 0 spiro atoms. The highest BCUT2D eigenvalue weighted by Crippen LogP contribution is 2.64. The summed E-state index contributed by atoms with van der Waals surface area (Å²) in [7, 11) is 3.49. The minimum atomic E-state index is -4.71. The Morgan fingerprint density at radius 1 is 1.12 bits per heavy atom. The number of alkyl halides is 5. The molecule has 3 aliphatic rings. The highest BCUT2D eigenvalue weighted by atomic mass is 19.4. The Morgan fingerprint density at radius 2 is 1.86 bits per heavy atom. The normalized spacial score (nSPS) is 28.2. The number of aromatic nitrogens is 5. The Labute approximate surface area is 237 Å². The maximum absolute atomic E-state index is 14.2. The molecule has 3 fully saturated rings. The largest absolute Gasteiger partial charge is 0.418 e. The second-order valence-corrected chi connectivity index (χ2v) is 11.9. The first-order valence-corrected chi connectivity index (χ1v) is 13.9. The third-order valence-corrected chi connectivity index (χ3v) is 9.47. The van der Waals surface area contributed by atoms with E-state index in [-0.39, 0.29) is 29.8 Å². The van der Waals surface area contributed by atoms with Crippen molar-refractivity contribution in [2.24, 2.45) is 18.9 Å². The van der Waals surface area contributed by atoms with Crippen LogP contribution in [0.25, 0.3) is 11.2 Å². The van der Waals surface area contributed by atoms with E-state index >= 15 is 0 Å². The molecule has 13 heteroatoms. The van der Waals surface area contributed by atoms with E-state index in [1.54, 1.807) is 31.6 Å². The molecule has 0 amide bonds. The Morgan fingerprint density at radius 3 is 2.50 bits per heavy atom. The van der Waals surface area contributed by atoms with Crippen molar-refractivity contribution in [3.63, 3.8) is 0 Å². The number of benzene rings is 1. The van der Waals surface area contributed by atoms with Crippen LogP contribution in [0.5, 0.6) is 0 Å². The number of ether oxygens (including phenoxy) is 1. The quantitative estimate of drug-likeness (QED) is 0.323. The van der Waals surface area contributed by atoms with E-state index in [1.165, 1.54) is 17.0 Å². The molecule has 3 heterocycles. The summed E-state index contributed by atoms with van der Waals surface area (Å²) < 4.78 is 79.3. The van der Waals surface area contributed by atoms with Crippen LogP contribution in [0.2, 0.25) is 0 Å². The molecular formula is C29H29F5N6O2. The molecule has 222 valence electrons. The third kappa shape index (κ3) is 4.11. The molecule has 8 nitrogen and oxygen atoms in total. The van der Waals surface area contributed by atoms with Gasteiger partial charge in [-0.3, -0.25) is 8.97 Å². The van der Waals surface area contributed by atoms with E-state index in [9.17, 15) is 26.7 Å². The van der Waals surface area contributed by atoms with Crippen molar-refractivity contribution >= 4 is 5.52 Å². The number of nitrogens with zero attached hydrogens (tertiary/aromatic N) is 5. The molecule has 1 aromatic carbocycles. The highest BCUT2D eigenvalue weighted by Gasteiger charge is 2.71. The van der Waals surface area contributed by atoms with Crippen molar-refractivity contribution in [1.82, 2.24) is 29.0 Å². The molecule has 0 saturated heterocycles. The zero-order valence-electron chi connectivity index (χ0n) is 22.9. The van der Waals surface area contributed by atoms with Crippen LogP contribution in [-0.2, 0) is 29.9 Å². The predicted molar refractivity (Wildman–Crippen MR) is 142 cm³/mol. The average Bonchev–Trinajstić information content (AvgIpc) is 3.43. The summed E-state index contributed by atoms with van der Waals surface area (Å²) >= 11 is 0. The minimum absolute atomic E-state index is 0.0121. The summed E-state index contributed by atoms with van der Waals surface area (Å²) in [5.74, 6) is -3.18. The number of halogens is 5.